The number of methoxy groups -OCH3 is 1. The highest BCUT2D eigenvalue weighted by molar-refractivity contribution is 8.18. The normalized spacial score (nSPS) is 17.2. The van der Waals surface area contributed by atoms with E-state index in [0.717, 1.165) is 41.0 Å². The van der Waals surface area contributed by atoms with Crippen molar-refractivity contribution < 1.29 is 14.3 Å². The summed E-state index contributed by atoms with van der Waals surface area (Å²) in [7, 11) is 1.63. The zero-order valence-corrected chi connectivity index (χ0v) is 16.2. The number of aromatic nitrogens is 1. The Morgan fingerprint density at radius 1 is 1.15 bits per heavy atom. The molecule has 2 heterocycles. The van der Waals surface area contributed by atoms with Crippen LogP contribution in [0.4, 0.5) is 4.79 Å². The molecule has 1 saturated heterocycles. The number of nitrogens with zero attached hydrogens (tertiary/aromatic N) is 2. The van der Waals surface area contributed by atoms with E-state index in [-0.39, 0.29) is 17.2 Å². The van der Waals surface area contributed by atoms with Gasteiger partial charge < -0.3 is 9.30 Å². The number of aryl methyl sites for hydroxylation is 1. The first-order chi connectivity index (χ1) is 12.5. The highest BCUT2D eigenvalue weighted by atomic mass is 32.2. The quantitative estimate of drug-likeness (QED) is 0.720. The predicted octanol–water partition coefficient (Wildman–Crippen LogP) is 4.63. The molecule has 0 N–H and O–H groups in total. The summed E-state index contributed by atoms with van der Waals surface area (Å²) < 4.78 is 7.27. The van der Waals surface area contributed by atoms with E-state index in [1.807, 2.05) is 57.2 Å². The standard InChI is InChI=1S/C20H22N2O3S/c1-5-13(2)22-19(23)18(26-20(22)24)12-16-7-6-14(3)21(16)15-8-10-17(25-4)11-9-15/h6-13H,5H2,1-4H3/b18-12+. The molecule has 0 bridgehead atoms. The number of benzene rings is 1. The summed E-state index contributed by atoms with van der Waals surface area (Å²) in [5, 5.41) is -0.199. The number of carbonyl (C=O) groups is 2. The van der Waals surface area contributed by atoms with Crippen molar-refractivity contribution in [2.24, 2.45) is 0 Å². The Morgan fingerprint density at radius 3 is 2.46 bits per heavy atom. The lowest BCUT2D eigenvalue weighted by atomic mass is 10.2. The second kappa shape index (κ2) is 7.41. The van der Waals surface area contributed by atoms with Gasteiger partial charge in [0, 0.05) is 23.1 Å². The van der Waals surface area contributed by atoms with Crippen LogP contribution in [0.25, 0.3) is 11.8 Å². The predicted molar refractivity (Wildman–Crippen MR) is 105 cm³/mol. The molecule has 0 spiro atoms. The van der Waals surface area contributed by atoms with Gasteiger partial charge in [-0.2, -0.15) is 0 Å². The largest absolute Gasteiger partial charge is 0.497 e. The van der Waals surface area contributed by atoms with E-state index in [9.17, 15) is 9.59 Å². The number of carbonyl (C=O) groups excluding carboxylic acids is 2. The Hall–Kier alpha value is -2.47. The van der Waals surface area contributed by atoms with Crippen molar-refractivity contribution in [1.82, 2.24) is 9.47 Å². The van der Waals surface area contributed by atoms with Crippen molar-refractivity contribution in [3.63, 3.8) is 0 Å². The van der Waals surface area contributed by atoms with Gasteiger partial charge >= 0.3 is 0 Å². The van der Waals surface area contributed by atoms with E-state index in [4.69, 9.17) is 4.74 Å². The van der Waals surface area contributed by atoms with Crippen molar-refractivity contribution in [2.45, 2.75) is 33.2 Å². The SMILES string of the molecule is CCC(C)N1C(=O)S/C(=C/c2ccc(C)n2-c2ccc(OC)cc2)C1=O. The summed E-state index contributed by atoms with van der Waals surface area (Å²) in [6.45, 7) is 5.87. The number of hydrogen-bond acceptors (Lipinski definition) is 4. The van der Waals surface area contributed by atoms with Crippen molar-refractivity contribution in [3.05, 3.63) is 52.7 Å². The van der Waals surface area contributed by atoms with E-state index >= 15 is 0 Å². The van der Waals surface area contributed by atoms with E-state index in [1.165, 1.54) is 4.90 Å². The molecular formula is C20H22N2O3S. The molecule has 2 amide bonds. The lowest BCUT2D eigenvalue weighted by molar-refractivity contribution is -0.124. The minimum atomic E-state index is -0.213. The molecule has 1 aromatic heterocycles. The molecule has 1 aliphatic heterocycles. The minimum absolute atomic E-state index is 0.0940. The molecule has 1 aromatic carbocycles. The van der Waals surface area contributed by atoms with E-state index in [0.29, 0.717) is 4.91 Å². The van der Waals surface area contributed by atoms with Crippen LogP contribution < -0.4 is 4.74 Å². The fraction of sp³-hybridized carbons (Fsp3) is 0.300. The summed E-state index contributed by atoms with van der Waals surface area (Å²) in [6.07, 6.45) is 2.54. The van der Waals surface area contributed by atoms with Gasteiger partial charge in [-0.1, -0.05) is 6.92 Å². The number of hydrogen-bond donors (Lipinski definition) is 0. The van der Waals surface area contributed by atoms with Crippen LogP contribution in [-0.2, 0) is 4.79 Å². The fourth-order valence-electron chi connectivity index (χ4n) is 2.93. The summed E-state index contributed by atoms with van der Waals surface area (Å²) in [5.41, 5.74) is 2.88. The number of ether oxygens (including phenoxy) is 1. The summed E-state index contributed by atoms with van der Waals surface area (Å²) in [4.78, 5) is 26.7. The zero-order valence-electron chi connectivity index (χ0n) is 15.4. The zero-order chi connectivity index (χ0) is 18.8. The molecule has 1 aliphatic rings. The van der Waals surface area contributed by atoms with E-state index < -0.39 is 0 Å². The molecule has 136 valence electrons. The van der Waals surface area contributed by atoms with E-state index in [1.54, 1.807) is 13.2 Å². The molecule has 5 nitrogen and oxygen atoms in total. The first kappa shape index (κ1) is 18.3. The number of imide groups is 1. The smallest absolute Gasteiger partial charge is 0.293 e. The molecule has 2 aromatic rings. The number of thioether (sulfide) groups is 1. The Morgan fingerprint density at radius 2 is 1.85 bits per heavy atom. The number of rotatable bonds is 5. The summed E-state index contributed by atoms with van der Waals surface area (Å²) in [6, 6.07) is 11.6. The molecule has 1 atom stereocenters. The van der Waals surface area contributed by atoms with Gasteiger partial charge in [0.25, 0.3) is 11.1 Å². The Bertz CT molecular complexity index is 868. The maximum Gasteiger partial charge on any atom is 0.293 e. The Balaban J connectivity index is 1.97. The highest BCUT2D eigenvalue weighted by Gasteiger charge is 2.37. The second-order valence-corrected chi connectivity index (χ2v) is 7.24. The van der Waals surface area contributed by atoms with Crippen molar-refractivity contribution in [2.75, 3.05) is 7.11 Å². The van der Waals surface area contributed by atoms with Crippen molar-refractivity contribution in [3.8, 4) is 11.4 Å². The molecule has 1 unspecified atom stereocenters. The van der Waals surface area contributed by atoms with Crippen LogP contribution in [0.15, 0.2) is 41.3 Å². The topological polar surface area (TPSA) is 51.5 Å². The van der Waals surface area contributed by atoms with Crippen molar-refractivity contribution >= 4 is 29.0 Å². The van der Waals surface area contributed by atoms with Crippen LogP contribution >= 0.6 is 11.8 Å². The van der Waals surface area contributed by atoms with Crippen molar-refractivity contribution in [1.29, 1.82) is 0 Å². The molecule has 6 heteroatoms. The van der Waals surface area contributed by atoms with E-state index in [2.05, 4.69) is 4.57 Å². The molecule has 1 fully saturated rings. The lowest BCUT2D eigenvalue weighted by Crippen LogP contribution is -2.36. The Kier molecular flexibility index (Phi) is 5.23. The van der Waals surface area contributed by atoms with Gasteiger partial charge in [0.15, 0.2) is 0 Å². The van der Waals surface area contributed by atoms with Crippen LogP contribution in [0, 0.1) is 6.92 Å². The minimum Gasteiger partial charge on any atom is -0.497 e. The van der Waals surface area contributed by atoms with Gasteiger partial charge in [-0.25, -0.2) is 0 Å². The van der Waals surface area contributed by atoms with Crippen LogP contribution in [0.5, 0.6) is 5.75 Å². The monoisotopic (exact) mass is 370 g/mol. The second-order valence-electron chi connectivity index (χ2n) is 6.24. The molecule has 3 rings (SSSR count). The van der Waals surface area contributed by atoms with Gasteiger partial charge in [-0.3, -0.25) is 14.5 Å². The molecule has 0 saturated carbocycles. The lowest BCUT2D eigenvalue weighted by Gasteiger charge is -2.19. The molecule has 26 heavy (non-hydrogen) atoms. The van der Waals surface area contributed by atoms with Gasteiger partial charge in [-0.15, -0.1) is 0 Å². The third-order valence-corrected chi connectivity index (χ3v) is 5.45. The van der Waals surface area contributed by atoms with Gasteiger partial charge in [-0.05, 0) is 74.5 Å². The third kappa shape index (κ3) is 3.29. The van der Waals surface area contributed by atoms with Crippen LogP contribution in [0.1, 0.15) is 31.7 Å². The van der Waals surface area contributed by atoms with Crippen LogP contribution in [0.2, 0.25) is 0 Å². The fourth-order valence-corrected chi connectivity index (χ4v) is 3.85. The van der Waals surface area contributed by atoms with Crippen LogP contribution in [0.3, 0.4) is 0 Å². The van der Waals surface area contributed by atoms with Gasteiger partial charge in [0.05, 0.1) is 12.0 Å². The maximum absolute atomic E-state index is 12.6. The average molecular weight is 370 g/mol. The summed E-state index contributed by atoms with van der Waals surface area (Å²) >= 11 is 1.00. The van der Waals surface area contributed by atoms with Gasteiger partial charge in [0.1, 0.15) is 5.75 Å². The first-order valence-corrected chi connectivity index (χ1v) is 9.37. The summed E-state index contributed by atoms with van der Waals surface area (Å²) in [5.74, 6) is 0.573. The first-order valence-electron chi connectivity index (χ1n) is 8.56. The third-order valence-electron chi connectivity index (χ3n) is 4.57. The Labute approximate surface area is 157 Å². The van der Waals surface area contributed by atoms with Crippen LogP contribution in [-0.4, -0.2) is 33.8 Å². The molecular weight excluding hydrogens is 348 g/mol. The highest BCUT2D eigenvalue weighted by Crippen LogP contribution is 2.34. The average Bonchev–Trinajstić information content (AvgIpc) is 3.14. The molecule has 0 aliphatic carbocycles. The molecule has 0 radical (unpaired) electrons. The maximum atomic E-state index is 12.6. The van der Waals surface area contributed by atoms with Gasteiger partial charge in [0.2, 0.25) is 0 Å². The number of amides is 2.